The van der Waals surface area contributed by atoms with Gasteiger partial charge in [-0.1, -0.05) is 24.3 Å². The first-order valence-electron chi connectivity index (χ1n) is 11.8. The van der Waals surface area contributed by atoms with Gasteiger partial charge in [-0.3, -0.25) is 4.90 Å². The van der Waals surface area contributed by atoms with Crippen LogP contribution >= 0.6 is 0 Å². The minimum absolute atomic E-state index is 0.0573. The Bertz CT molecular complexity index is 1340. The summed E-state index contributed by atoms with van der Waals surface area (Å²) in [6.45, 7) is 2.64. The third kappa shape index (κ3) is 7.43. The van der Waals surface area contributed by atoms with Crippen molar-refractivity contribution in [2.24, 2.45) is 20.5 Å². The Kier molecular flexibility index (Phi) is 10.0. The van der Waals surface area contributed by atoms with E-state index in [1.54, 1.807) is 55.5 Å². The van der Waals surface area contributed by atoms with Crippen LogP contribution in [0.2, 0.25) is 0 Å². The van der Waals surface area contributed by atoms with Crippen LogP contribution in [0.4, 0.5) is 17.1 Å². The quantitative estimate of drug-likeness (QED) is 0.252. The van der Waals surface area contributed by atoms with Gasteiger partial charge >= 0.3 is 11.9 Å². The molecule has 0 aromatic heterocycles. The lowest BCUT2D eigenvalue weighted by atomic mass is 10.2. The number of phenols is 2. The highest BCUT2D eigenvalue weighted by molar-refractivity contribution is 5.95. The van der Waals surface area contributed by atoms with Crippen molar-refractivity contribution < 1.29 is 29.3 Å². The summed E-state index contributed by atoms with van der Waals surface area (Å²) in [7, 11) is 3.34. The number of carbonyl (C=O) groups is 2. The summed E-state index contributed by atoms with van der Waals surface area (Å²) in [6, 6.07) is 16.2. The molecule has 0 spiro atoms. The molecule has 198 valence electrons. The lowest BCUT2D eigenvalue weighted by Crippen LogP contribution is -2.28. The Labute approximate surface area is 220 Å². The fourth-order valence-corrected chi connectivity index (χ4v) is 3.29. The van der Waals surface area contributed by atoms with Crippen molar-refractivity contribution in [3.63, 3.8) is 0 Å². The molecule has 0 fully saturated rings. The van der Waals surface area contributed by atoms with E-state index < -0.39 is 11.9 Å². The normalized spacial score (nSPS) is 11.4. The molecular formula is C27H29N5O6. The van der Waals surface area contributed by atoms with Crippen LogP contribution in [0, 0.1) is 6.92 Å². The van der Waals surface area contributed by atoms with Gasteiger partial charge in [0, 0.05) is 25.7 Å². The molecular weight excluding hydrogens is 490 g/mol. The monoisotopic (exact) mass is 519 g/mol. The van der Waals surface area contributed by atoms with Gasteiger partial charge in [0.05, 0.1) is 16.8 Å². The summed E-state index contributed by atoms with van der Waals surface area (Å²) in [5.74, 6) is -1.32. The lowest BCUT2D eigenvalue weighted by molar-refractivity contribution is 0.0420. The van der Waals surface area contributed by atoms with E-state index in [9.17, 15) is 19.8 Å². The number of rotatable bonds is 11. The summed E-state index contributed by atoms with van der Waals surface area (Å²) < 4.78 is 10.7. The fourth-order valence-electron chi connectivity index (χ4n) is 3.29. The Morgan fingerprint density at radius 3 is 1.82 bits per heavy atom. The zero-order chi connectivity index (χ0) is 27.5. The molecule has 11 nitrogen and oxygen atoms in total. The number of azo groups is 2. The van der Waals surface area contributed by atoms with Crippen LogP contribution in [0.15, 0.2) is 81.1 Å². The minimum atomic E-state index is -0.577. The van der Waals surface area contributed by atoms with Crippen molar-refractivity contribution in [2.45, 2.75) is 6.92 Å². The van der Waals surface area contributed by atoms with E-state index in [0.29, 0.717) is 24.3 Å². The van der Waals surface area contributed by atoms with E-state index in [1.165, 1.54) is 19.2 Å². The smallest absolute Gasteiger partial charge is 0.340 e. The van der Waals surface area contributed by atoms with Crippen molar-refractivity contribution in [2.75, 3.05) is 40.4 Å². The van der Waals surface area contributed by atoms with Crippen molar-refractivity contribution in [1.29, 1.82) is 0 Å². The van der Waals surface area contributed by atoms with Crippen LogP contribution in [0.1, 0.15) is 26.3 Å². The lowest BCUT2D eigenvalue weighted by Gasteiger charge is -2.16. The van der Waals surface area contributed by atoms with E-state index in [0.717, 1.165) is 0 Å². The molecule has 0 bridgehead atoms. The van der Waals surface area contributed by atoms with E-state index in [4.69, 9.17) is 9.47 Å². The van der Waals surface area contributed by atoms with Gasteiger partial charge in [0.2, 0.25) is 0 Å². The number of aromatic hydroxyl groups is 2. The predicted octanol–water partition coefficient (Wildman–Crippen LogP) is 5.48. The summed E-state index contributed by atoms with van der Waals surface area (Å²) in [5.41, 5.74) is 1.69. The van der Waals surface area contributed by atoms with Crippen LogP contribution in [0.5, 0.6) is 11.5 Å². The largest absolute Gasteiger partial charge is 0.508 e. The number of ether oxygens (including phenoxy) is 2. The Morgan fingerprint density at radius 2 is 1.26 bits per heavy atom. The van der Waals surface area contributed by atoms with Gasteiger partial charge in [0.25, 0.3) is 0 Å². The van der Waals surface area contributed by atoms with Gasteiger partial charge in [-0.05, 0) is 50.4 Å². The van der Waals surface area contributed by atoms with Crippen LogP contribution in [-0.4, -0.2) is 67.5 Å². The number of hydrogen-bond donors (Lipinski definition) is 2. The maximum Gasteiger partial charge on any atom is 0.340 e. The average Bonchev–Trinajstić information content (AvgIpc) is 2.92. The highest BCUT2D eigenvalue weighted by Crippen LogP contribution is 2.36. The summed E-state index contributed by atoms with van der Waals surface area (Å²) in [5, 5.41) is 35.5. The van der Waals surface area contributed by atoms with Crippen molar-refractivity contribution >= 4 is 29.0 Å². The molecule has 38 heavy (non-hydrogen) atoms. The molecule has 0 saturated carbocycles. The van der Waals surface area contributed by atoms with Gasteiger partial charge in [0.15, 0.2) is 0 Å². The second kappa shape index (κ2) is 13.6. The number of likely N-dealkylation sites (N-methyl/N-ethyl adjacent to an activating group) is 1. The Morgan fingerprint density at radius 1 is 0.763 bits per heavy atom. The molecule has 11 heteroatoms. The van der Waals surface area contributed by atoms with Crippen molar-refractivity contribution in [3.8, 4) is 11.5 Å². The van der Waals surface area contributed by atoms with Crippen LogP contribution in [0.25, 0.3) is 0 Å². The standard InChI is InChI=1S/C27H29N5O6/c1-18-24(33)13-12-23(25(18)34)31-30-22-11-7-5-9-20(22)27(36)38-17-15-32(3)14-16-37-26(35)19-8-4-6-10-21(19)29-28-2/h4-13,33-34H,14-17H2,1-3H3. The molecule has 0 atom stereocenters. The zero-order valence-electron chi connectivity index (χ0n) is 21.4. The second-order valence-electron chi connectivity index (χ2n) is 8.19. The SMILES string of the molecule is CN=Nc1ccccc1C(=O)OCCN(C)CCOC(=O)c1ccccc1N=Nc1ccc(O)c(C)c1O. The molecule has 0 aliphatic heterocycles. The Balaban J connectivity index is 1.49. The molecule has 3 rings (SSSR count). The number of benzene rings is 3. The van der Waals surface area contributed by atoms with E-state index in [-0.39, 0.29) is 47.2 Å². The van der Waals surface area contributed by atoms with Gasteiger partial charge in [-0.15, -0.1) is 10.2 Å². The van der Waals surface area contributed by atoms with Crippen molar-refractivity contribution in [3.05, 3.63) is 77.4 Å². The predicted molar refractivity (Wildman–Crippen MR) is 140 cm³/mol. The van der Waals surface area contributed by atoms with Crippen LogP contribution < -0.4 is 0 Å². The number of hydrogen-bond acceptors (Lipinski definition) is 11. The minimum Gasteiger partial charge on any atom is -0.508 e. The molecule has 0 unspecified atom stereocenters. The summed E-state index contributed by atoms with van der Waals surface area (Å²) >= 11 is 0. The van der Waals surface area contributed by atoms with Gasteiger partial charge < -0.3 is 19.7 Å². The fraction of sp³-hybridized carbons (Fsp3) is 0.259. The maximum absolute atomic E-state index is 12.7. The van der Waals surface area contributed by atoms with Gasteiger partial charge in [-0.25, -0.2) is 9.59 Å². The first-order chi connectivity index (χ1) is 18.3. The molecule has 0 saturated heterocycles. The molecule has 0 heterocycles. The number of nitrogens with zero attached hydrogens (tertiary/aromatic N) is 5. The average molecular weight is 520 g/mol. The van der Waals surface area contributed by atoms with Crippen molar-refractivity contribution in [1.82, 2.24) is 4.90 Å². The zero-order valence-corrected chi connectivity index (χ0v) is 21.4. The van der Waals surface area contributed by atoms with E-state index in [1.807, 2.05) is 11.9 Å². The summed E-state index contributed by atoms with van der Waals surface area (Å²) in [4.78, 5) is 26.9. The first-order valence-corrected chi connectivity index (χ1v) is 11.8. The summed E-state index contributed by atoms with van der Waals surface area (Å²) in [6.07, 6.45) is 0. The Hall–Kier alpha value is -4.64. The molecule has 2 N–H and O–H groups in total. The van der Waals surface area contributed by atoms with E-state index >= 15 is 0 Å². The molecule has 3 aromatic carbocycles. The highest BCUT2D eigenvalue weighted by Gasteiger charge is 2.15. The van der Waals surface area contributed by atoms with Crippen LogP contribution in [-0.2, 0) is 9.47 Å². The third-order valence-electron chi connectivity index (χ3n) is 5.51. The number of phenolic OH excluding ortho intramolecular Hbond substituents is 2. The molecule has 3 aromatic rings. The van der Waals surface area contributed by atoms with Gasteiger partial charge in [0.1, 0.15) is 36.1 Å². The molecule has 0 radical (unpaired) electrons. The number of esters is 2. The topological polar surface area (TPSA) is 146 Å². The first kappa shape index (κ1) is 27.9. The van der Waals surface area contributed by atoms with E-state index in [2.05, 4.69) is 20.5 Å². The molecule has 0 aliphatic rings. The molecule has 0 aliphatic carbocycles. The number of carbonyl (C=O) groups excluding carboxylic acids is 2. The second-order valence-corrected chi connectivity index (χ2v) is 8.19. The third-order valence-corrected chi connectivity index (χ3v) is 5.51. The van der Waals surface area contributed by atoms with Gasteiger partial charge in [-0.2, -0.15) is 10.2 Å². The van der Waals surface area contributed by atoms with Crippen LogP contribution in [0.3, 0.4) is 0 Å². The highest BCUT2D eigenvalue weighted by atomic mass is 16.5. The maximum atomic E-state index is 12.7. The molecule has 0 amide bonds.